The highest BCUT2D eigenvalue weighted by molar-refractivity contribution is 7.45. The summed E-state index contributed by atoms with van der Waals surface area (Å²) in [4.78, 5) is 65.3. The fraction of sp³-hybridized carbons (Fsp3) is 0.136. The van der Waals surface area contributed by atoms with Gasteiger partial charge in [0, 0.05) is 42.1 Å². The van der Waals surface area contributed by atoms with Crippen molar-refractivity contribution in [1.29, 1.82) is 0 Å². The van der Waals surface area contributed by atoms with Gasteiger partial charge in [0.25, 0.3) is 0 Å². The normalized spacial score (nSPS) is 15.6. The number of hydrogen-bond donors (Lipinski definition) is 0. The standard InChI is InChI=1S/C44H24N2O4S4/c47-35-24-14-20-8-2-3-9-21(20)15-25(24)36(48)33(35)45-30-18-28-32(44(30)12-6-1-7-13-44)40-42(51-28)43-41(54-40)39-29(52-43)19-31(53-39)46-34-37(49)26-16-22-10-4-5-11-23(22)17-27(26)38(34)50/h2-5,8-11,14-19H,1,6-7,12-13H2. The van der Waals surface area contributed by atoms with Crippen LogP contribution in [0.5, 0.6) is 0 Å². The molecule has 10 aromatic rings. The van der Waals surface area contributed by atoms with E-state index in [0.717, 1.165) is 68.7 Å². The Morgan fingerprint density at radius 2 is 1.00 bits per heavy atom. The first-order valence-corrected chi connectivity index (χ1v) is 21.2. The van der Waals surface area contributed by atoms with Gasteiger partial charge in [-0.15, -0.1) is 45.3 Å². The van der Waals surface area contributed by atoms with Crippen molar-refractivity contribution in [1.82, 2.24) is 0 Å². The van der Waals surface area contributed by atoms with E-state index in [4.69, 9.17) is 4.99 Å². The Hall–Kier alpha value is -5.26. The van der Waals surface area contributed by atoms with Crippen LogP contribution >= 0.6 is 45.3 Å². The molecule has 54 heavy (non-hydrogen) atoms. The number of fused-ring (bicyclic) bond motifs is 12. The summed E-state index contributed by atoms with van der Waals surface area (Å²) in [5.41, 5.74) is 0.574. The largest absolute Gasteiger partial charge is 0.287 e. The molecule has 0 saturated heterocycles. The van der Waals surface area contributed by atoms with Gasteiger partial charge in [-0.05, 0) is 70.8 Å². The second-order valence-electron chi connectivity index (χ2n) is 14.5. The number of allylic oxidation sites excluding steroid dienone is 1. The first-order chi connectivity index (χ1) is 26.4. The zero-order chi connectivity index (χ0) is 36.0. The third kappa shape index (κ3) is 4.08. The Bertz CT molecular complexity index is 3560. The maximum Gasteiger partial charge on any atom is 0.216 e. The molecular formula is C44H24N2O4S4. The van der Waals surface area contributed by atoms with Crippen molar-refractivity contribution in [3.05, 3.63) is 147 Å². The molecule has 1 fully saturated rings. The lowest BCUT2D eigenvalue weighted by molar-refractivity contribution is 0.345. The van der Waals surface area contributed by atoms with Crippen molar-refractivity contribution < 1.29 is 0 Å². The highest BCUT2D eigenvalue weighted by Crippen LogP contribution is 2.60. The minimum absolute atomic E-state index is 0.0227. The SMILES string of the molecule is O=c1c(=NC2=Cc3sc4c(sc5c6sc(N=c7c(=O)c8cc9ccccc9cc8c7=O)cc6sc45)c3C23CCCCC3)c(=O)c2cc3ccccc3cc12. The van der Waals surface area contributed by atoms with Crippen molar-refractivity contribution in [2.75, 3.05) is 0 Å². The predicted octanol–water partition coefficient (Wildman–Crippen LogP) is 9.59. The molecule has 4 heterocycles. The number of hydrogen-bond acceptors (Lipinski definition) is 10. The summed E-state index contributed by atoms with van der Waals surface area (Å²) in [5.74, 6) is 0. The molecular weight excluding hydrogens is 749 g/mol. The van der Waals surface area contributed by atoms with Gasteiger partial charge in [0.2, 0.25) is 21.7 Å². The molecule has 12 rings (SSSR count). The van der Waals surface area contributed by atoms with E-state index in [1.54, 1.807) is 46.1 Å². The number of rotatable bonds is 2. The van der Waals surface area contributed by atoms with Crippen molar-refractivity contribution in [2.24, 2.45) is 9.98 Å². The van der Waals surface area contributed by atoms with Gasteiger partial charge in [0.05, 0.1) is 29.2 Å². The van der Waals surface area contributed by atoms with Crippen LogP contribution in [0.1, 0.15) is 42.5 Å². The number of nitrogens with zero attached hydrogens (tertiary/aromatic N) is 2. The highest BCUT2D eigenvalue weighted by atomic mass is 32.1. The maximum atomic E-state index is 13.8. The number of thiophene rings is 4. The lowest BCUT2D eigenvalue weighted by atomic mass is 9.70. The third-order valence-electron chi connectivity index (χ3n) is 11.6. The molecule has 0 amide bonds. The molecule has 0 aliphatic heterocycles. The Morgan fingerprint density at radius 3 is 1.56 bits per heavy atom. The topological polar surface area (TPSA) is 93.0 Å². The van der Waals surface area contributed by atoms with Crippen molar-refractivity contribution in [2.45, 2.75) is 37.5 Å². The minimum atomic E-state index is -0.347. The average molecular weight is 773 g/mol. The van der Waals surface area contributed by atoms with Crippen molar-refractivity contribution in [3.63, 3.8) is 0 Å². The second kappa shape index (κ2) is 10.9. The summed E-state index contributed by atoms with van der Waals surface area (Å²) in [6.45, 7) is 0. The molecule has 0 bridgehead atoms. The van der Waals surface area contributed by atoms with E-state index in [2.05, 4.69) is 11.1 Å². The monoisotopic (exact) mass is 772 g/mol. The Morgan fingerprint density at radius 1 is 0.500 bits per heavy atom. The van der Waals surface area contributed by atoms with Gasteiger partial charge in [-0.25, -0.2) is 9.98 Å². The quantitative estimate of drug-likeness (QED) is 0.175. The molecule has 1 saturated carbocycles. The molecule has 258 valence electrons. The Kier molecular flexibility index (Phi) is 6.29. The summed E-state index contributed by atoms with van der Waals surface area (Å²) < 4.78 is 7.19. The zero-order valence-corrected chi connectivity index (χ0v) is 31.5. The molecule has 4 aromatic heterocycles. The lowest BCUT2D eigenvalue weighted by Gasteiger charge is -2.35. The molecule has 0 N–H and O–H groups in total. The summed E-state index contributed by atoms with van der Waals surface area (Å²) in [5, 5.41) is 6.08. The van der Waals surface area contributed by atoms with E-state index in [1.807, 2.05) is 66.7 Å². The summed E-state index contributed by atoms with van der Waals surface area (Å²) in [7, 11) is 0. The van der Waals surface area contributed by atoms with Crippen LogP contribution in [0.15, 0.2) is 114 Å². The molecule has 2 aliphatic carbocycles. The van der Waals surface area contributed by atoms with Gasteiger partial charge in [-0.1, -0.05) is 67.8 Å². The number of benzene rings is 4. The molecule has 0 radical (unpaired) electrons. The third-order valence-corrected chi connectivity index (χ3v) is 16.8. The molecule has 10 heteroatoms. The minimum Gasteiger partial charge on any atom is -0.287 e. The van der Waals surface area contributed by atoms with Crippen LogP contribution < -0.4 is 32.4 Å². The van der Waals surface area contributed by atoms with Crippen LogP contribution in [0.25, 0.3) is 77.4 Å². The zero-order valence-electron chi connectivity index (χ0n) is 28.3. The van der Waals surface area contributed by atoms with Gasteiger partial charge in [-0.3, -0.25) is 19.2 Å². The van der Waals surface area contributed by atoms with Crippen LogP contribution in [-0.2, 0) is 5.41 Å². The fourth-order valence-electron chi connectivity index (χ4n) is 9.06. The van der Waals surface area contributed by atoms with Gasteiger partial charge < -0.3 is 0 Å². The second-order valence-corrected chi connectivity index (χ2v) is 18.7. The van der Waals surface area contributed by atoms with Gasteiger partial charge >= 0.3 is 0 Å². The smallest absolute Gasteiger partial charge is 0.216 e. The van der Waals surface area contributed by atoms with E-state index < -0.39 is 0 Å². The first kappa shape index (κ1) is 31.1. The molecule has 6 aromatic carbocycles. The Labute approximate surface area is 320 Å². The van der Waals surface area contributed by atoms with Crippen LogP contribution in [-0.4, -0.2) is 0 Å². The maximum absolute atomic E-state index is 13.8. The van der Waals surface area contributed by atoms with Gasteiger partial charge in [-0.2, -0.15) is 0 Å². The average Bonchev–Trinajstić information content (AvgIpc) is 4.03. The molecule has 2 aliphatic rings. The van der Waals surface area contributed by atoms with Crippen molar-refractivity contribution in [3.8, 4) is 0 Å². The highest BCUT2D eigenvalue weighted by Gasteiger charge is 2.46. The van der Waals surface area contributed by atoms with Crippen LogP contribution in [0.2, 0.25) is 0 Å². The Balaban J connectivity index is 1.00. The first-order valence-electron chi connectivity index (χ1n) is 17.9. The molecule has 6 nitrogen and oxygen atoms in total. The van der Waals surface area contributed by atoms with E-state index in [9.17, 15) is 19.2 Å². The van der Waals surface area contributed by atoms with E-state index in [0.29, 0.717) is 26.5 Å². The van der Waals surface area contributed by atoms with Crippen LogP contribution in [0, 0.1) is 0 Å². The van der Waals surface area contributed by atoms with Gasteiger partial charge in [0.15, 0.2) is 10.7 Å². The predicted molar refractivity (Wildman–Crippen MR) is 227 cm³/mol. The van der Waals surface area contributed by atoms with Crippen molar-refractivity contribution >= 4 is 128 Å². The lowest BCUT2D eigenvalue weighted by Crippen LogP contribution is -2.35. The van der Waals surface area contributed by atoms with Crippen LogP contribution in [0.3, 0.4) is 0 Å². The van der Waals surface area contributed by atoms with Gasteiger partial charge in [0.1, 0.15) is 5.00 Å². The molecule has 0 atom stereocenters. The molecule has 0 unspecified atom stereocenters. The van der Waals surface area contributed by atoms with E-state index >= 15 is 0 Å². The summed E-state index contributed by atoms with van der Waals surface area (Å²) >= 11 is 6.83. The fourth-order valence-corrected chi connectivity index (χ4v) is 14.9. The van der Waals surface area contributed by atoms with E-state index in [-0.39, 0.29) is 37.8 Å². The van der Waals surface area contributed by atoms with Crippen LogP contribution in [0.4, 0.5) is 5.00 Å². The molecule has 1 spiro atoms. The summed E-state index contributed by atoms with van der Waals surface area (Å²) in [6.07, 6.45) is 7.27. The summed E-state index contributed by atoms with van der Waals surface area (Å²) in [6, 6.07) is 24.8. The van der Waals surface area contributed by atoms with E-state index in [1.165, 1.54) is 40.6 Å².